The maximum atomic E-state index is 12.3. The minimum atomic E-state index is -4.46. The van der Waals surface area contributed by atoms with Gasteiger partial charge in [-0.15, -0.1) is 10.2 Å². The van der Waals surface area contributed by atoms with Gasteiger partial charge in [-0.05, 0) is 25.5 Å². The van der Waals surface area contributed by atoms with Gasteiger partial charge in [0.25, 0.3) is 0 Å². The maximum absolute atomic E-state index is 12.3. The molecule has 0 saturated heterocycles. The van der Waals surface area contributed by atoms with Crippen LogP contribution >= 0.6 is 0 Å². The fourth-order valence-corrected chi connectivity index (χ4v) is 1.34. The van der Waals surface area contributed by atoms with E-state index in [0.29, 0.717) is 25.3 Å². The maximum Gasteiger partial charge on any atom is 0.435 e. The Labute approximate surface area is 97.1 Å². The monoisotopic (exact) mass is 249 g/mol. The molecule has 0 saturated carbocycles. The highest BCUT2D eigenvalue weighted by atomic mass is 19.4. The summed E-state index contributed by atoms with van der Waals surface area (Å²) in [7, 11) is 0. The second-order valence-corrected chi connectivity index (χ2v) is 3.43. The van der Waals surface area contributed by atoms with Crippen LogP contribution in [0.15, 0.2) is 12.1 Å². The minimum absolute atomic E-state index is 0.0323. The van der Waals surface area contributed by atoms with Crippen molar-refractivity contribution < 1.29 is 18.3 Å². The molecule has 7 heteroatoms. The van der Waals surface area contributed by atoms with E-state index in [-0.39, 0.29) is 6.61 Å². The van der Waals surface area contributed by atoms with Crippen molar-refractivity contribution in [3.8, 4) is 0 Å². The number of aliphatic hydroxyl groups excluding tert-OH is 1. The van der Waals surface area contributed by atoms with E-state index >= 15 is 0 Å². The molecule has 1 aromatic rings. The van der Waals surface area contributed by atoms with Crippen molar-refractivity contribution in [2.24, 2.45) is 0 Å². The molecule has 17 heavy (non-hydrogen) atoms. The van der Waals surface area contributed by atoms with Crippen LogP contribution in [0.3, 0.4) is 0 Å². The van der Waals surface area contributed by atoms with Crippen molar-refractivity contribution in [2.45, 2.75) is 19.5 Å². The zero-order valence-electron chi connectivity index (χ0n) is 9.41. The van der Waals surface area contributed by atoms with Crippen molar-refractivity contribution in [1.29, 1.82) is 0 Å². The predicted molar refractivity (Wildman–Crippen MR) is 56.6 cm³/mol. The van der Waals surface area contributed by atoms with Crippen LogP contribution in [0.2, 0.25) is 0 Å². The third-order valence-corrected chi connectivity index (χ3v) is 2.23. The summed E-state index contributed by atoms with van der Waals surface area (Å²) in [6.07, 6.45) is -3.93. The molecule has 96 valence electrons. The van der Waals surface area contributed by atoms with Gasteiger partial charge in [0.2, 0.25) is 0 Å². The standard InChI is InChI=1S/C10H14F3N3O/c1-2-16(6-3-7-17)9-5-4-8(14-15-9)10(11,12)13/h4-5,17H,2-3,6-7H2,1H3. The number of rotatable bonds is 5. The lowest BCUT2D eigenvalue weighted by atomic mass is 10.3. The molecule has 0 aliphatic heterocycles. The first-order valence-corrected chi connectivity index (χ1v) is 5.25. The van der Waals surface area contributed by atoms with Gasteiger partial charge in [-0.25, -0.2) is 0 Å². The molecule has 0 atom stereocenters. The second kappa shape index (κ2) is 5.81. The summed E-state index contributed by atoms with van der Waals surface area (Å²) in [5.41, 5.74) is -1.00. The molecule has 0 aliphatic rings. The van der Waals surface area contributed by atoms with Gasteiger partial charge in [0, 0.05) is 19.7 Å². The number of aliphatic hydroxyl groups is 1. The molecular formula is C10H14F3N3O. The average molecular weight is 249 g/mol. The van der Waals surface area contributed by atoms with Gasteiger partial charge in [0.05, 0.1) is 0 Å². The third-order valence-electron chi connectivity index (χ3n) is 2.23. The van der Waals surface area contributed by atoms with Crippen molar-refractivity contribution in [3.05, 3.63) is 17.8 Å². The lowest BCUT2D eigenvalue weighted by molar-refractivity contribution is -0.141. The summed E-state index contributed by atoms with van der Waals surface area (Å²) < 4.78 is 36.8. The zero-order chi connectivity index (χ0) is 12.9. The van der Waals surface area contributed by atoms with E-state index in [0.717, 1.165) is 6.07 Å². The van der Waals surface area contributed by atoms with Gasteiger partial charge in [-0.3, -0.25) is 0 Å². The number of anilines is 1. The molecule has 0 aliphatic carbocycles. The molecule has 0 unspecified atom stereocenters. The molecule has 4 nitrogen and oxygen atoms in total. The molecular weight excluding hydrogens is 235 g/mol. The van der Waals surface area contributed by atoms with Crippen LogP contribution in [-0.4, -0.2) is 35.0 Å². The molecule has 0 radical (unpaired) electrons. The Morgan fingerprint density at radius 2 is 2.00 bits per heavy atom. The number of hydrogen-bond acceptors (Lipinski definition) is 4. The molecule has 0 bridgehead atoms. The van der Waals surface area contributed by atoms with Gasteiger partial charge in [0.15, 0.2) is 11.5 Å². The van der Waals surface area contributed by atoms with Gasteiger partial charge in [-0.2, -0.15) is 13.2 Å². The van der Waals surface area contributed by atoms with Crippen molar-refractivity contribution >= 4 is 5.82 Å². The first-order chi connectivity index (χ1) is 7.99. The fourth-order valence-electron chi connectivity index (χ4n) is 1.34. The van der Waals surface area contributed by atoms with Crippen LogP contribution in [-0.2, 0) is 6.18 Å². The van der Waals surface area contributed by atoms with Gasteiger partial charge < -0.3 is 10.0 Å². The summed E-state index contributed by atoms with van der Waals surface area (Å²) in [6.45, 7) is 3.02. The lowest BCUT2D eigenvalue weighted by Crippen LogP contribution is -2.26. The fraction of sp³-hybridized carbons (Fsp3) is 0.600. The van der Waals surface area contributed by atoms with E-state index in [1.54, 1.807) is 4.90 Å². The highest BCUT2D eigenvalue weighted by Gasteiger charge is 2.33. The van der Waals surface area contributed by atoms with E-state index in [2.05, 4.69) is 10.2 Å². The third kappa shape index (κ3) is 3.85. The number of nitrogens with zero attached hydrogens (tertiary/aromatic N) is 3. The minimum Gasteiger partial charge on any atom is -0.396 e. The zero-order valence-corrected chi connectivity index (χ0v) is 9.41. The predicted octanol–water partition coefficient (Wildman–Crippen LogP) is 1.70. The average Bonchev–Trinajstić information content (AvgIpc) is 2.29. The summed E-state index contributed by atoms with van der Waals surface area (Å²) >= 11 is 0. The second-order valence-electron chi connectivity index (χ2n) is 3.43. The molecule has 1 rings (SSSR count). The quantitative estimate of drug-likeness (QED) is 0.863. The van der Waals surface area contributed by atoms with E-state index < -0.39 is 11.9 Å². The highest BCUT2D eigenvalue weighted by Crippen LogP contribution is 2.27. The highest BCUT2D eigenvalue weighted by molar-refractivity contribution is 5.37. The van der Waals surface area contributed by atoms with Crippen molar-refractivity contribution in [3.63, 3.8) is 0 Å². The molecule has 0 fully saturated rings. The van der Waals surface area contributed by atoms with Crippen LogP contribution in [0.4, 0.5) is 19.0 Å². The van der Waals surface area contributed by atoms with Crippen LogP contribution < -0.4 is 4.90 Å². The topological polar surface area (TPSA) is 49.2 Å². The summed E-state index contributed by atoms with van der Waals surface area (Å²) in [4.78, 5) is 1.75. The Morgan fingerprint density at radius 3 is 2.41 bits per heavy atom. The van der Waals surface area contributed by atoms with Crippen molar-refractivity contribution in [1.82, 2.24) is 10.2 Å². The SMILES string of the molecule is CCN(CCCO)c1ccc(C(F)(F)F)nn1. The van der Waals surface area contributed by atoms with E-state index in [1.165, 1.54) is 6.07 Å². The van der Waals surface area contributed by atoms with Crippen LogP contribution in [0.1, 0.15) is 19.0 Å². The van der Waals surface area contributed by atoms with Crippen LogP contribution in [0.5, 0.6) is 0 Å². The van der Waals surface area contributed by atoms with E-state index in [1.807, 2.05) is 6.92 Å². The van der Waals surface area contributed by atoms with E-state index in [4.69, 9.17) is 5.11 Å². The lowest BCUT2D eigenvalue weighted by Gasteiger charge is -2.20. The van der Waals surface area contributed by atoms with Gasteiger partial charge in [0.1, 0.15) is 0 Å². The Kier molecular flexibility index (Phi) is 4.68. The smallest absolute Gasteiger partial charge is 0.396 e. The first kappa shape index (κ1) is 13.7. The number of halogens is 3. The largest absolute Gasteiger partial charge is 0.435 e. The number of aromatic nitrogens is 2. The Morgan fingerprint density at radius 1 is 1.29 bits per heavy atom. The number of hydrogen-bond donors (Lipinski definition) is 1. The normalized spacial score (nSPS) is 11.6. The molecule has 1 heterocycles. The van der Waals surface area contributed by atoms with Crippen molar-refractivity contribution in [2.75, 3.05) is 24.6 Å². The molecule has 0 amide bonds. The summed E-state index contributed by atoms with van der Waals surface area (Å²) in [5.74, 6) is 0.383. The van der Waals surface area contributed by atoms with Crippen LogP contribution in [0, 0.1) is 0 Å². The molecule has 0 aromatic carbocycles. The summed E-state index contributed by atoms with van der Waals surface area (Å²) in [5, 5.41) is 15.4. The Hall–Kier alpha value is -1.37. The molecule has 1 aromatic heterocycles. The first-order valence-electron chi connectivity index (χ1n) is 5.25. The summed E-state index contributed by atoms with van der Waals surface area (Å²) in [6, 6.07) is 2.20. The molecule has 0 spiro atoms. The Bertz CT molecular complexity index is 340. The van der Waals surface area contributed by atoms with Gasteiger partial charge >= 0.3 is 6.18 Å². The molecule has 1 N–H and O–H groups in total. The Balaban J connectivity index is 2.78. The van der Waals surface area contributed by atoms with Crippen LogP contribution in [0.25, 0.3) is 0 Å². The van der Waals surface area contributed by atoms with Gasteiger partial charge in [-0.1, -0.05) is 0 Å². The van der Waals surface area contributed by atoms with E-state index in [9.17, 15) is 13.2 Å². The number of alkyl halides is 3.